The van der Waals surface area contributed by atoms with Crippen LogP contribution in [-0.2, 0) is 14.3 Å². The highest BCUT2D eigenvalue weighted by Gasteiger charge is 2.23. The van der Waals surface area contributed by atoms with Crippen molar-refractivity contribution in [3.8, 4) is 0 Å². The molecule has 0 radical (unpaired) electrons. The van der Waals surface area contributed by atoms with Crippen LogP contribution in [0.15, 0.2) is 42.5 Å². The average molecular weight is 314 g/mol. The van der Waals surface area contributed by atoms with Crippen LogP contribution in [0.2, 0.25) is 0 Å². The molecule has 122 valence electrons. The maximum atomic E-state index is 12.3. The molecule has 0 heterocycles. The van der Waals surface area contributed by atoms with Crippen molar-refractivity contribution in [1.29, 1.82) is 0 Å². The van der Waals surface area contributed by atoms with Gasteiger partial charge in [-0.2, -0.15) is 0 Å². The van der Waals surface area contributed by atoms with Gasteiger partial charge < -0.3 is 10.5 Å². The zero-order chi connectivity index (χ0) is 17.0. The molecule has 0 fully saturated rings. The van der Waals surface area contributed by atoms with Gasteiger partial charge in [0.1, 0.15) is 12.1 Å². The van der Waals surface area contributed by atoms with E-state index in [9.17, 15) is 9.59 Å². The summed E-state index contributed by atoms with van der Waals surface area (Å²) >= 11 is 0. The van der Waals surface area contributed by atoms with Crippen molar-refractivity contribution in [2.24, 2.45) is 5.73 Å². The molecule has 0 atom stereocenters. The monoisotopic (exact) mass is 314 g/mol. The molecule has 2 N–H and O–H groups in total. The van der Waals surface area contributed by atoms with E-state index < -0.39 is 11.6 Å². The number of carbonyl (C=O) groups is 2. The van der Waals surface area contributed by atoms with Crippen LogP contribution in [0, 0.1) is 0 Å². The Balaban J connectivity index is 2.38. The lowest BCUT2D eigenvalue weighted by molar-refractivity contribution is -0.153. The molecule has 2 aromatic rings. The van der Waals surface area contributed by atoms with Crippen LogP contribution in [0.5, 0.6) is 0 Å². The lowest BCUT2D eigenvalue weighted by atomic mass is 10.1. The highest BCUT2D eigenvalue weighted by atomic mass is 16.6. The molecule has 1 amide bonds. The largest absolute Gasteiger partial charge is 0.459 e. The molecule has 5 nitrogen and oxygen atoms in total. The Hall–Kier alpha value is -2.40. The second-order valence-electron chi connectivity index (χ2n) is 6.27. The number of hydrogen-bond acceptors (Lipinski definition) is 4. The Morgan fingerprint density at radius 1 is 1.09 bits per heavy atom. The average Bonchev–Trinajstić information content (AvgIpc) is 2.50. The molecule has 0 aromatic heterocycles. The number of amides is 1. The van der Waals surface area contributed by atoms with Crippen LogP contribution < -0.4 is 10.6 Å². The molecule has 0 aliphatic carbocycles. The van der Waals surface area contributed by atoms with Crippen molar-refractivity contribution in [2.45, 2.75) is 26.4 Å². The fourth-order valence-electron chi connectivity index (χ4n) is 2.36. The van der Waals surface area contributed by atoms with Gasteiger partial charge in [0.05, 0.1) is 12.2 Å². The number of nitrogens with zero attached hydrogens (tertiary/aromatic N) is 1. The van der Waals surface area contributed by atoms with Gasteiger partial charge in [0.25, 0.3) is 0 Å². The zero-order valence-electron chi connectivity index (χ0n) is 13.7. The van der Waals surface area contributed by atoms with E-state index in [1.165, 1.54) is 4.90 Å². The Bertz CT molecular complexity index is 714. The molecule has 0 saturated heterocycles. The van der Waals surface area contributed by atoms with Crippen molar-refractivity contribution in [3.63, 3.8) is 0 Å². The topological polar surface area (TPSA) is 72.6 Å². The fourth-order valence-corrected chi connectivity index (χ4v) is 2.36. The molecule has 0 spiro atoms. The SMILES string of the molecule is CC(C)(C)OC(=O)CN(C(=O)CN)c1cccc2ccccc12. The lowest BCUT2D eigenvalue weighted by Gasteiger charge is -2.26. The number of rotatable bonds is 4. The molecule has 0 bridgehead atoms. The maximum absolute atomic E-state index is 12.3. The van der Waals surface area contributed by atoms with Crippen LogP contribution in [-0.4, -0.2) is 30.6 Å². The lowest BCUT2D eigenvalue weighted by Crippen LogP contribution is -2.41. The third-order valence-corrected chi connectivity index (χ3v) is 3.24. The van der Waals surface area contributed by atoms with Gasteiger partial charge in [-0.3, -0.25) is 14.5 Å². The molecule has 2 aromatic carbocycles. The normalized spacial score (nSPS) is 11.3. The number of benzene rings is 2. The summed E-state index contributed by atoms with van der Waals surface area (Å²) in [5.41, 5.74) is 5.57. The van der Waals surface area contributed by atoms with E-state index in [0.29, 0.717) is 5.69 Å². The van der Waals surface area contributed by atoms with E-state index in [4.69, 9.17) is 10.5 Å². The van der Waals surface area contributed by atoms with E-state index >= 15 is 0 Å². The number of nitrogens with two attached hydrogens (primary N) is 1. The highest BCUT2D eigenvalue weighted by molar-refractivity contribution is 6.06. The third-order valence-electron chi connectivity index (χ3n) is 3.24. The molecule has 5 heteroatoms. The maximum Gasteiger partial charge on any atom is 0.326 e. The Kier molecular flexibility index (Phi) is 5.01. The highest BCUT2D eigenvalue weighted by Crippen LogP contribution is 2.27. The van der Waals surface area contributed by atoms with Gasteiger partial charge in [-0.25, -0.2) is 0 Å². The molecule has 0 aliphatic rings. The van der Waals surface area contributed by atoms with Gasteiger partial charge in [0.2, 0.25) is 5.91 Å². The molecular formula is C18H22N2O3. The molecule has 0 saturated carbocycles. The fraction of sp³-hybridized carbons (Fsp3) is 0.333. The Morgan fingerprint density at radius 2 is 1.74 bits per heavy atom. The minimum atomic E-state index is -0.604. The summed E-state index contributed by atoms with van der Waals surface area (Å²) in [4.78, 5) is 25.8. The van der Waals surface area contributed by atoms with Crippen molar-refractivity contribution in [1.82, 2.24) is 0 Å². The molecule has 0 aliphatic heterocycles. The van der Waals surface area contributed by atoms with Gasteiger partial charge >= 0.3 is 5.97 Å². The number of esters is 1. The van der Waals surface area contributed by atoms with Gasteiger partial charge in [0.15, 0.2) is 0 Å². The molecule has 2 rings (SSSR count). The van der Waals surface area contributed by atoms with Gasteiger partial charge in [-0.15, -0.1) is 0 Å². The number of fused-ring (bicyclic) bond motifs is 1. The van der Waals surface area contributed by atoms with E-state index in [-0.39, 0.29) is 19.0 Å². The van der Waals surface area contributed by atoms with Crippen LogP contribution in [0.1, 0.15) is 20.8 Å². The van der Waals surface area contributed by atoms with Crippen molar-refractivity contribution >= 4 is 28.3 Å². The predicted molar refractivity (Wildman–Crippen MR) is 91.2 cm³/mol. The van der Waals surface area contributed by atoms with Gasteiger partial charge in [-0.1, -0.05) is 36.4 Å². The zero-order valence-corrected chi connectivity index (χ0v) is 13.7. The molecule has 23 heavy (non-hydrogen) atoms. The third kappa shape index (κ3) is 4.29. The minimum Gasteiger partial charge on any atom is -0.459 e. The van der Waals surface area contributed by atoms with Crippen LogP contribution >= 0.6 is 0 Å². The summed E-state index contributed by atoms with van der Waals surface area (Å²) in [5, 5.41) is 1.88. The summed E-state index contributed by atoms with van der Waals surface area (Å²) in [5.74, 6) is -0.792. The summed E-state index contributed by atoms with van der Waals surface area (Å²) < 4.78 is 5.32. The van der Waals surface area contributed by atoms with E-state index in [1.807, 2.05) is 36.4 Å². The number of hydrogen-bond donors (Lipinski definition) is 1. The summed E-state index contributed by atoms with van der Waals surface area (Å²) in [6.45, 7) is 5.03. The number of carbonyl (C=O) groups excluding carboxylic acids is 2. The summed E-state index contributed by atoms with van der Waals surface area (Å²) in [6.07, 6.45) is 0. The number of ether oxygens (including phenoxy) is 1. The van der Waals surface area contributed by atoms with Gasteiger partial charge in [0, 0.05) is 5.39 Å². The van der Waals surface area contributed by atoms with Crippen LogP contribution in [0.4, 0.5) is 5.69 Å². The Labute approximate surface area is 136 Å². The second kappa shape index (κ2) is 6.79. The van der Waals surface area contributed by atoms with Crippen LogP contribution in [0.25, 0.3) is 10.8 Å². The smallest absolute Gasteiger partial charge is 0.326 e. The summed E-state index contributed by atoms with van der Waals surface area (Å²) in [7, 11) is 0. The van der Waals surface area contributed by atoms with Crippen molar-refractivity contribution in [2.75, 3.05) is 18.0 Å². The van der Waals surface area contributed by atoms with E-state index in [0.717, 1.165) is 10.8 Å². The van der Waals surface area contributed by atoms with Gasteiger partial charge in [-0.05, 0) is 32.2 Å². The standard InChI is InChI=1S/C18H22N2O3/c1-18(2,3)23-17(22)12-20(16(21)11-19)15-10-6-8-13-7-4-5-9-14(13)15/h4-10H,11-12,19H2,1-3H3. The first-order valence-electron chi connectivity index (χ1n) is 7.52. The molecule has 0 unspecified atom stereocenters. The summed E-state index contributed by atoms with van der Waals surface area (Å²) in [6, 6.07) is 13.3. The second-order valence-corrected chi connectivity index (χ2v) is 6.27. The van der Waals surface area contributed by atoms with Crippen molar-refractivity contribution in [3.05, 3.63) is 42.5 Å². The first-order valence-corrected chi connectivity index (χ1v) is 7.52. The Morgan fingerprint density at radius 3 is 2.39 bits per heavy atom. The van der Waals surface area contributed by atoms with Crippen LogP contribution in [0.3, 0.4) is 0 Å². The molecular weight excluding hydrogens is 292 g/mol. The quantitative estimate of drug-likeness (QED) is 0.880. The van der Waals surface area contributed by atoms with E-state index in [1.54, 1.807) is 26.8 Å². The van der Waals surface area contributed by atoms with Crippen molar-refractivity contribution < 1.29 is 14.3 Å². The first kappa shape index (κ1) is 17.0. The van der Waals surface area contributed by atoms with E-state index in [2.05, 4.69) is 0 Å². The minimum absolute atomic E-state index is 0.165. The number of anilines is 1. The predicted octanol–water partition coefficient (Wildman–Crippen LogP) is 2.47. The first-order chi connectivity index (χ1) is 10.8.